The van der Waals surface area contributed by atoms with E-state index in [2.05, 4.69) is 216 Å². The lowest BCUT2D eigenvalue weighted by atomic mass is 9.98. The number of furan rings is 1. The second-order valence-corrected chi connectivity index (χ2v) is 14.6. The van der Waals surface area contributed by atoms with Crippen LogP contribution >= 0.6 is 0 Å². The molecule has 11 aromatic rings. The van der Waals surface area contributed by atoms with Crippen LogP contribution < -0.4 is 9.80 Å². The summed E-state index contributed by atoms with van der Waals surface area (Å²) in [4.78, 5) is 4.71. The Morgan fingerprint density at radius 1 is 0.246 bits per heavy atom. The molecule has 1 heterocycles. The summed E-state index contributed by atoms with van der Waals surface area (Å²) in [6.45, 7) is 0. The fraction of sp³-hybridized carbons (Fsp3) is 0. The summed E-state index contributed by atoms with van der Waals surface area (Å²) in [5, 5.41) is 9.46. The van der Waals surface area contributed by atoms with E-state index in [1.54, 1.807) is 0 Å². The number of rotatable bonds is 7. The van der Waals surface area contributed by atoms with Crippen LogP contribution in [0.4, 0.5) is 34.1 Å². The third-order valence-electron chi connectivity index (χ3n) is 11.2. The van der Waals surface area contributed by atoms with Gasteiger partial charge in [0, 0.05) is 44.9 Å². The van der Waals surface area contributed by atoms with E-state index in [9.17, 15) is 0 Å². The Morgan fingerprint density at radius 2 is 0.772 bits per heavy atom. The monoisotopic (exact) mass is 728 g/mol. The average Bonchev–Trinajstić information content (AvgIpc) is 3.64. The summed E-state index contributed by atoms with van der Waals surface area (Å²) < 4.78 is 6.29. The fourth-order valence-electron chi connectivity index (χ4n) is 8.39. The highest BCUT2D eigenvalue weighted by molar-refractivity contribution is 6.17. The molecule has 0 aliphatic carbocycles. The van der Waals surface area contributed by atoms with Gasteiger partial charge in [0.15, 0.2) is 0 Å². The van der Waals surface area contributed by atoms with Crippen LogP contribution in [0.2, 0.25) is 0 Å². The van der Waals surface area contributed by atoms with E-state index >= 15 is 0 Å². The van der Waals surface area contributed by atoms with Gasteiger partial charge in [0.1, 0.15) is 11.2 Å². The third kappa shape index (κ3) is 5.85. The highest BCUT2D eigenvalue weighted by Crippen LogP contribution is 2.43. The van der Waals surface area contributed by atoms with Crippen molar-refractivity contribution in [2.24, 2.45) is 0 Å². The van der Waals surface area contributed by atoms with Crippen molar-refractivity contribution >= 4 is 88.4 Å². The first-order chi connectivity index (χ1) is 28.2. The zero-order valence-electron chi connectivity index (χ0n) is 31.1. The number of para-hydroxylation sites is 2. The Bertz CT molecular complexity index is 3240. The summed E-state index contributed by atoms with van der Waals surface area (Å²) in [7, 11) is 0. The Morgan fingerprint density at radius 3 is 1.58 bits per heavy atom. The highest BCUT2D eigenvalue weighted by atomic mass is 16.3. The Kier molecular flexibility index (Phi) is 7.82. The van der Waals surface area contributed by atoms with Crippen molar-refractivity contribution < 1.29 is 4.42 Å². The lowest BCUT2D eigenvalue weighted by Gasteiger charge is -2.29. The van der Waals surface area contributed by atoms with Gasteiger partial charge < -0.3 is 14.2 Å². The standard InChI is InChI=1S/C54H36N2O/c1-3-12-37(13-4-1)41-16-11-19-46(32-41)56(48-27-25-39-22-23-42-34-54-52(36-51(42)50(39)35-48)49-20-9-10-21-53(49)57-54)45-30-28-44(29-31-45)55(43-17-5-2-6-18-43)47-26-24-38-14-7-8-15-40(38)33-47/h1-36H. The van der Waals surface area contributed by atoms with Gasteiger partial charge in [-0.05, 0) is 134 Å². The third-order valence-corrected chi connectivity index (χ3v) is 11.2. The number of benzene rings is 10. The smallest absolute Gasteiger partial charge is 0.136 e. The van der Waals surface area contributed by atoms with Crippen molar-refractivity contribution in [3.8, 4) is 11.1 Å². The zero-order valence-corrected chi connectivity index (χ0v) is 31.1. The molecule has 0 aliphatic heterocycles. The van der Waals surface area contributed by atoms with Crippen LogP contribution in [0.1, 0.15) is 0 Å². The summed E-state index contributed by atoms with van der Waals surface area (Å²) in [5.41, 5.74) is 10.7. The number of anilines is 6. The molecule has 268 valence electrons. The maximum Gasteiger partial charge on any atom is 0.136 e. The molecule has 0 radical (unpaired) electrons. The minimum Gasteiger partial charge on any atom is -0.456 e. The van der Waals surface area contributed by atoms with Crippen molar-refractivity contribution in [1.82, 2.24) is 0 Å². The van der Waals surface area contributed by atoms with E-state index in [4.69, 9.17) is 4.42 Å². The first kappa shape index (κ1) is 32.8. The average molecular weight is 729 g/mol. The van der Waals surface area contributed by atoms with Crippen molar-refractivity contribution in [3.63, 3.8) is 0 Å². The molecule has 3 heteroatoms. The first-order valence-corrected chi connectivity index (χ1v) is 19.4. The summed E-state index contributed by atoms with van der Waals surface area (Å²) in [6, 6.07) is 78.3. The molecular formula is C54H36N2O. The van der Waals surface area contributed by atoms with E-state index in [0.29, 0.717) is 0 Å². The largest absolute Gasteiger partial charge is 0.456 e. The zero-order chi connectivity index (χ0) is 37.7. The SMILES string of the molecule is c1ccc(-c2cccc(N(c3ccc(N(c4ccccc4)c4ccc5ccccc5c4)cc3)c3ccc4ccc5cc6oc7ccccc7c6cc5c4c3)c2)cc1. The molecule has 11 rings (SSSR count). The second-order valence-electron chi connectivity index (χ2n) is 14.6. The molecule has 0 fully saturated rings. The molecule has 0 saturated carbocycles. The van der Waals surface area contributed by atoms with E-state index in [0.717, 1.165) is 61.4 Å². The van der Waals surface area contributed by atoms with Gasteiger partial charge in [0.25, 0.3) is 0 Å². The summed E-state index contributed by atoms with van der Waals surface area (Å²) in [6.07, 6.45) is 0. The number of hydrogen-bond donors (Lipinski definition) is 0. The lowest BCUT2D eigenvalue weighted by molar-refractivity contribution is 0.669. The quantitative estimate of drug-likeness (QED) is 0.152. The lowest BCUT2D eigenvalue weighted by Crippen LogP contribution is -2.12. The molecule has 0 unspecified atom stereocenters. The molecule has 0 bridgehead atoms. The fourth-order valence-corrected chi connectivity index (χ4v) is 8.39. The van der Waals surface area contributed by atoms with Crippen LogP contribution in [-0.4, -0.2) is 0 Å². The van der Waals surface area contributed by atoms with E-state index < -0.39 is 0 Å². The van der Waals surface area contributed by atoms with Gasteiger partial charge in [-0.1, -0.05) is 127 Å². The van der Waals surface area contributed by atoms with Crippen molar-refractivity contribution in [3.05, 3.63) is 218 Å². The normalized spacial score (nSPS) is 11.5. The molecule has 0 atom stereocenters. The minimum absolute atomic E-state index is 0.909. The molecule has 0 amide bonds. The molecule has 0 aliphatic rings. The van der Waals surface area contributed by atoms with Gasteiger partial charge >= 0.3 is 0 Å². The number of fused-ring (bicyclic) bond motifs is 7. The van der Waals surface area contributed by atoms with Crippen molar-refractivity contribution in [1.29, 1.82) is 0 Å². The summed E-state index contributed by atoms with van der Waals surface area (Å²) >= 11 is 0. The predicted octanol–water partition coefficient (Wildman–Crippen LogP) is 15.7. The Hall–Kier alpha value is -7.62. The predicted molar refractivity (Wildman–Crippen MR) is 241 cm³/mol. The highest BCUT2D eigenvalue weighted by Gasteiger charge is 2.18. The van der Waals surface area contributed by atoms with E-state index in [1.807, 2.05) is 12.1 Å². The van der Waals surface area contributed by atoms with E-state index in [1.165, 1.54) is 38.1 Å². The van der Waals surface area contributed by atoms with E-state index in [-0.39, 0.29) is 0 Å². The van der Waals surface area contributed by atoms with Gasteiger partial charge in [0.05, 0.1) is 0 Å². The van der Waals surface area contributed by atoms with Gasteiger partial charge in [-0.15, -0.1) is 0 Å². The molecule has 1 aromatic heterocycles. The van der Waals surface area contributed by atoms with Crippen LogP contribution in [0.25, 0.3) is 65.4 Å². The molecule has 10 aromatic carbocycles. The molecule has 0 spiro atoms. The topological polar surface area (TPSA) is 19.6 Å². The summed E-state index contributed by atoms with van der Waals surface area (Å²) in [5.74, 6) is 0. The maximum absolute atomic E-state index is 6.29. The number of hydrogen-bond acceptors (Lipinski definition) is 3. The van der Waals surface area contributed by atoms with Gasteiger partial charge in [0.2, 0.25) is 0 Å². The Labute approximate surface area is 330 Å². The molecule has 57 heavy (non-hydrogen) atoms. The van der Waals surface area contributed by atoms with Crippen LogP contribution in [0.15, 0.2) is 223 Å². The maximum atomic E-state index is 6.29. The first-order valence-electron chi connectivity index (χ1n) is 19.4. The molecular weight excluding hydrogens is 693 g/mol. The van der Waals surface area contributed by atoms with Gasteiger partial charge in [-0.25, -0.2) is 0 Å². The second kappa shape index (κ2) is 13.6. The van der Waals surface area contributed by atoms with Crippen molar-refractivity contribution in [2.45, 2.75) is 0 Å². The number of nitrogens with zero attached hydrogens (tertiary/aromatic N) is 2. The van der Waals surface area contributed by atoms with Crippen LogP contribution in [0, 0.1) is 0 Å². The van der Waals surface area contributed by atoms with Crippen LogP contribution in [0.5, 0.6) is 0 Å². The molecule has 3 nitrogen and oxygen atoms in total. The van der Waals surface area contributed by atoms with Gasteiger partial charge in [-0.3, -0.25) is 0 Å². The van der Waals surface area contributed by atoms with Crippen LogP contribution in [0.3, 0.4) is 0 Å². The molecule has 0 N–H and O–H groups in total. The van der Waals surface area contributed by atoms with Crippen LogP contribution in [-0.2, 0) is 0 Å². The van der Waals surface area contributed by atoms with Gasteiger partial charge in [-0.2, -0.15) is 0 Å². The van der Waals surface area contributed by atoms with Crippen molar-refractivity contribution in [2.75, 3.05) is 9.80 Å². The Balaban J connectivity index is 1.08. The minimum atomic E-state index is 0.909. The molecule has 0 saturated heterocycles.